The molecule has 0 radical (unpaired) electrons. The summed E-state index contributed by atoms with van der Waals surface area (Å²) in [6, 6.07) is 0.282. The van der Waals surface area contributed by atoms with Crippen LogP contribution in [0, 0.1) is 5.92 Å². The lowest BCUT2D eigenvalue weighted by Crippen LogP contribution is -2.62. The van der Waals surface area contributed by atoms with Gasteiger partial charge in [0.15, 0.2) is 0 Å². The Hall–Kier alpha value is -0.330. The highest BCUT2D eigenvalue weighted by molar-refractivity contribution is 4.92. The van der Waals surface area contributed by atoms with Gasteiger partial charge in [-0.3, -0.25) is 9.64 Å². The lowest BCUT2D eigenvalue weighted by molar-refractivity contribution is -0.325. The van der Waals surface area contributed by atoms with Crippen molar-refractivity contribution in [1.82, 2.24) is 10.2 Å². The highest BCUT2D eigenvalue weighted by Crippen LogP contribution is 2.21. The average molecular weight is 282 g/mol. The molecule has 114 valence electrons. The van der Waals surface area contributed by atoms with E-state index in [0.29, 0.717) is 12.5 Å². The first-order valence-corrected chi connectivity index (χ1v) is 6.79. The minimum absolute atomic E-state index is 0.0638. The summed E-state index contributed by atoms with van der Waals surface area (Å²) in [6.07, 6.45) is -3.55. The topological polar surface area (TPSA) is 24.5 Å². The van der Waals surface area contributed by atoms with Gasteiger partial charge in [-0.25, -0.2) is 0 Å². The number of nitrogens with one attached hydrogen (secondary N) is 1. The molecule has 0 bridgehead atoms. The molecule has 1 fully saturated rings. The Morgan fingerprint density at radius 1 is 1.37 bits per heavy atom. The molecule has 1 rings (SSSR count). The van der Waals surface area contributed by atoms with E-state index in [2.05, 4.69) is 42.6 Å². The molecule has 0 aliphatic carbocycles. The van der Waals surface area contributed by atoms with Crippen LogP contribution in [0.5, 0.6) is 0 Å². The van der Waals surface area contributed by atoms with Gasteiger partial charge in [0.1, 0.15) is 0 Å². The van der Waals surface area contributed by atoms with Crippen molar-refractivity contribution in [3.8, 4) is 0 Å². The minimum Gasteiger partial charge on any atom is -0.309 e. The molecule has 1 atom stereocenters. The van der Waals surface area contributed by atoms with Crippen molar-refractivity contribution in [3.05, 3.63) is 0 Å². The molecule has 1 unspecified atom stereocenters. The normalized spacial score (nSPS) is 24.9. The smallest absolute Gasteiger partial charge is 0.309 e. The number of piperazine rings is 1. The second-order valence-corrected chi connectivity index (χ2v) is 6.31. The lowest BCUT2D eigenvalue weighted by Gasteiger charge is -2.45. The van der Waals surface area contributed by atoms with Gasteiger partial charge in [0.2, 0.25) is 0 Å². The van der Waals surface area contributed by atoms with E-state index in [0.717, 1.165) is 19.5 Å². The predicted octanol–water partition coefficient (Wildman–Crippen LogP) is 2.62. The Morgan fingerprint density at radius 2 is 2.00 bits per heavy atom. The lowest BCUT2D eigenvalue weighted by atomic mass is 9.94. The van der Waals surface area contributed by atoms with Crippen LogP contribution in [0.3, 0.4) is 0 Å². The van der Waals surface area contributed by atoms with Crippen molar-refractivity contribution in [2.24, 2.45) is 5.92 Å². The van der Waals surface area contributed by atoms with Crippen LogP contribution < -0.4 is 5.32 Å². The van der Waals surface area contributed by atoms with Crippen molar-refractivity contribution in [1.29, 1.82) is 0 Å². The number of hydrogen-bond acceptors (Lipinski definition) is 3. The largest absolute Gasteiger partial charge is 0.522 e. The summed E-state index contributed by atoms with van der Waals surface area (Å²) >= 11 is 0. The molecule has 1 aliphatic rings. The van der Waals surface area contributed by atoms with E-state index in [-0.39, 0.29) is 18.2 Å². The summed E-state index contributed by atoms with van der Waals surface area (Å²) in [6.45, 7) is 9.97. The van der Waals surface area contributed by atoms with Gasteiger partial charge in [0.05, 0.1) is 6.61 Å². The van der Waals surface area contributed by atoms with Crippen LogP contribution >= 0.6 is 0 Å². The zero-order chi connectivity index (χ0) is 14.7. The summed E-state index contributed by atoms with van der Waals surface area (Å²) in [5.41, 5.74) is -0.0638. The third-order valence-corrected chi connectivity index (χ3v) is 3.32. The third kappa shape index (κ3) is 6.58. The van der Waals surface area contributed by atoms with Gasteiger partial charge in [-0.2, -0.15) is 0 Å². The van der Waals surface area contributed by atoms with Gasteiger partial charge < -0.3 is 5.32 Å². The van der Waals surface area contributed by atoms with Gasteiger partial charge in [-0.1, -0.05) is 13.8 Å². The summed E-state index contributed by atoms with van der Waals surface area (Å²) in [7, 11) is 0. The van der Waals surface area contributed by atoms with Crippen LogP contribution in [0.15, 0.2) is 0 Å². The molecular weight excluding hydrogens is 257 g/mol. The number of hydrogen-bond donors (Lipinski definition) is 1. The van der Waals surface area contributed by atoms with Crippen molar-refractivity contribution < 1.29 is 17.9 Å². The second kappa shape index (κ2) is 6.41. The predicted molar refractivity (Wildman–Crippen MR) is 68.9 cm³/mol. The maximum absolute atomic E-state index is 12.0. The SMILES string of the molecule is CC(C)CC1CNC(C)(C)CN1CCOC(F)(F)F. The summed E-state index contributed by atoms with van der Waals surface area (Å²) in [4.78, 5) is 2.11. The van der Waals surface area contributed by atoms with Crippen molar-refractivity contribution in [3.63, 3.8) is 0 Å². The third-order valence-electron chi connectivity index (χ3n) is 3.32. The molecular formula is C13H25F3N2O. The first-order chi connectivity index (χ1) is 8.59. The van der Waals surface area contributed by atoms with Crippen LogP contribution in [0.1, 0.15) is 34.1 Å². The number of halogens is 3. The van der Waals surface area contributed by atoms with Crippen LogP contribution in [0.4, 0.5) is 13.2 Å². The van der Waals surface area contributed by atoms with Gasteiger partial charge in [-0.15, -0.1) is 13.2 Å². The number of rotatable bonds is 5. The Bertz CT molecular complexity index is 280. The average Bonchev–Trinajstić information content (AvgIpc) is 2.19. The molecule has 1 aliphatic heterocycles. The second-order valence-electron chi connectivity index (χ2n) is 6.31. The van der Waals surface area contributed by atoms with E-state index in [1.54, 1.807) is 0 Å². The summed E-state index contributed by atoms with van der Waals surface area (Å²) in [5, 5.41) is 3.45. The number of nitrogens with zero attached hydrogens (tertiary/aromatic N) is 1. The molecule has 1 heterocycles. The highest BCUT2D eigenvalue weighted by atomic mass is 19.4. The Balaban J connectivity index is 2.51. The van der Waals surface area contributed by atoms with E-state index < -0.39 is 6.36 Å². The molecule has 6 heteroatoms. The van der Waals surface area contributed by atoms with Gasteiger partial charge in [0.25, 0.3) is 0 Å². The number of alkyl halides is 3. The molecule has 1 N–H and O–H groups in total. The molecule has 0 aromatic rings. The van der Waals surface area contributed by atoms with E-state index >= 15 is 0 Å². The molecule has 3 nitrogen and oxygen atoms in total. The van der Waals surface area contributed by atoms with E-state index in [1.807, 2.05) is 0 Å². The van der Waals surface area contributed by atoms with Gasteiger partial charge in [0, 0.05) is 31.2 Å². The van der Waals surface area contributed by atoms with Crippen molar-refractivity contribution >= 4 is 0 Å². The zero-order valence-corrected chi connectivity index (χ0v) is 12.2. The summed E-state index contributed by atoms with van der Waals surface area (Å²) in [5.74, 6) is 0.527. The fourth-order valence-electron chi connectivity index (χ4n) is 2.53. The quantitative estimate of drug-likeness (QED) is 0.839. The van der Waals surface area contributed by atoms with Crippen LogP contribution in [0.2, 0.25) is 0 Å². The summed E-state index contributed by atoms with van der Waals surface area (Å²) < 4.78 is 39.9. The molecule has 19 heavy (non-hydrogen) atoms. The van der Waals surface area contributed by atoms with Gasteiger partial charge >= 0.3 is 6.36 Å². The first kappa shape index (κ1) is 16.7. The minimum atomic E-state index is -4.53. The zero-order valence-electron chi connectivity index (χ0n) is 12.2. The van der Waals surface area contributed by atoms with E-state index in [1.165, 1.54) is 0 Å². The molecule has 1 saturated heterocycles. The van der Waals surface area contributed by atoms with Crippen molar-refractivity contribution in [2.45, 2.75) is 52.1 Å². The Kier molecular flexibility index (Phi) is 5.65. The van der Waals surface area contributed by atoms with Crippen LogP contribution in [0.25, 0.3) is 0 Å². The van der Waals surface area contributed by atoms with Crippen LogP contribution in [-0.2, 0) is 4.74 Å². The Morgan fingerprint density at radius 3 is 2.53 bits per heavy atom. The maximum Gasteiger partial charge on any atom is 0.522 e. The standard InChI is InChI=1S/C13H25F3N2O/c1-10(2)7-11-8-17-12(3,4)9-18(11)5-6-19-13(14,15)16/h10-11,17H,5-9H2,1-4H3. The van der Waals surface area contributed by atoms with Crippen LogP contribution in [-0.4, -0.2) is 49.1 Å². The maximum atomic E-state index is 12.0. The van der Waals surface area contributed by atoms with E-state index in [9.17, 15) is 13.2 Å². The van der Waals surface area contributed by atoms with E-state index in [4.69, 9.17) is 0 Å². The molecule has 0 spiro atoms. The first-order valence-electron chi connectivity index (χ1n) is 6.79. The molecule has 0 amide bonds. The monoisotopic (exact) mass is 282 g/mol. The fourth-order valence-corrected chi connectivity index (χ4v) is 2.53. The molecule has 0 saturated carbocycles. The van der Waals surface area contributed by atoms with Crippen molar-refractivity contribution in [2.75, 3.05) is 26.2 Å². The van der Waals surface area contributed by atoms with Gasteiger partial charge in [-0.05, 0) is 26.2 Å². The molecule has 0 aromatic carbocycles. The molecule has 0 aromatic heterocycles. The Labute approximate surface area is 113 Å². The number of ether oxygens (including phenoxy) is 1. The highest BCUT2D eigenvalue weighted by Gasteiger charge is 2.34. The fraction of sp³-hybridized carbons (Fsp3) is 1.00.